The molecule has 0 aromatic rings. The molecular formula is C14H27NO. The standard InChI is InChI=1S/C14H27NO/c1-3-9-15-13(10-11-5-4-6-11)14(16-2)12-7-8-12/h11-15H,3-10H2,1-2H3. The van der Waals surface area contributed by atoms with E-state index in [1.54, 1.807) is 0 Å². The summed E-state index contributed by atoms with van der Waals surface area (Å²) in [5.41, 5.74) is 0. The summed E-state index contributed by atoms with van der Waals surface area (Å²) < 4.78 is 5.74. The van der Waals surface area contributed by atoms with Crippen LogP contribution in [0.1, 0.15) is 51.9 Å². The minimum Gasteiger partial charge on any atom is -0.380 e. The van der Waals surface area contributed by atoms with E-state index < -0.39 is 0 Å². The van der Waals surface area contributed by atoms with Crippen molar-refractivity contribution in [2.24, 2.45) is 11.8 Å². The molecule has 0 bridgehead atoms. The SMILES string of the molecule is CCCNC(CC1CCC1)C(OC)C1CC1. The van der Waals surface area contributed by atoms with Gasteiger partial charge >= 0.3 is 0 Å². The Labute approximate surface area is 100 Å². The third-order valence-corrected chi connectivity index (χ3v) is 4.22. The lowest BCUT2D eigenvalue weighted by Crippen LogP contribution is -2.44. The molecule has 0 saturated heterocycles. The van der Waals surface area contributed by atoms with Gasteiger partial charge in [0.15, 0.2) is 0 Å². The van der Waals surface area contributed by atoms with Crippen molar-refractivity contribution in [3.8, 4) is 0 Å². The summed E-state index contributed by atoms with van der Waals surface area (Å²) in [5, 5.41) is 3.72. The van der Waals surface area contributed by atoms with Crippen molar-refractivity contribution < 1.29 is 4.74 Å². The molecule has 94 valence electrons. The van der Waals surface area contributed by atoms with E-state index in [2.05, 4.69) is 12.2 Å². The smallest absolute Gasteiger partial charge is 0.0752 e. The van der Waals surface area contributed by atoms with Crippen molar-refractivity contribution in [3.63, 3.8) is 0 Å². The average molecular weight is 225 g/mol. The first-order valence-electron chi connectivity index (χ1n) is 7.11. The fourth-order valence-electron chi connectivity index (χ4n) is 2.86. The van der Waals surface area contributed by atoms with Gasteiger partial charge in [0.1, 0.15) is 0 Å². The van der Waals surface area contributed by atoms with Gasteiger partial charge in [0, 0.05) is 13.2 Å². The van der Waals surface area contributed by atoms with Crippen LogP contribution < -0.4 is 5.32 Å². The van der Waals surface area contributed by atoms with E-state index in [1.165, 1.54) is 44.9 Å². The molecule has 0 amide bonds. The Morgan fingerprint density at radius 1 is 1.25 bits per heavy atom. The zero-order chi connectivity index (χ0) is 11.4. The molecule has 0 aliphatic heterocycles. The van der Waals surface area contributed by atoms with Crippen molar-refractivity contribution in [2.75, 3.05) is 13.7 Å². The molecule has 0 aromatic carbocycles. The van der Waals surface area contributed by atoms with E-state index in [-0.39, 0.29) is 0 Å². The van der Waals surface area contributed by atoms with Gasteiger partial charge in [-0.15, -0.1) is 0 Å². The lowest BCUT2D eigenvalue weighted by molar-refractivity contribution is 0.0379. The van der Waals surface area contributed by atoms with Gasteiger partial charge in [0.25, 0.3) is 0 Å². The maximum atomic E-state index is 5.74. The summed E-state index contributed by atoms with van der Waals surface area (Å²) in [6, 6.07) is 0.614. The molecule has 2 heteroatoms. The lowest BCUT2D eigenvalue weighted by atomic mass is 9.79. The minimum absolute atomic E-state index is 0.479. The number of methoxy groups -OCH3 is 1. The molecule has 2 aliphatic rings. The Hall–Kier alpha value is -0.0800. The second kappa shape index (κ2) is 6.02. The molecule has 2 nitrogen and oxygen atoms in total. The zero-order valence-electron chi connectivity index (χ0n) is 10.9. The van der Waals surface area contributed by atoms with Gasteiger partial charge in [0.2, 0.25) is 0 Å². The summed E-state index contributed by atoms with van der Waals surface area (Å²) in [6.45, 7) is 3.39. The van der Waals surface area contributed by atoms with Crippen LogP contribution in [0.2, 0.25) is 0 Å². The zero-order valence-corrected chi connectivity index (χ0v) is 10.9. The molecule has 2 unspecified atom stereocenters. The van der Waals surface area contributed by atoms with E-state index in [0.717, 1.165) is 18.4 Å². The van der Waals surface area contributed by atoms with Gasteiger partial charge in [0.05, 0.1) is 6.10 Å². The van der Waals surface area contributed by atoms with Crippen molar-refractivity contribution in [1.82, 2.24) is 5.32 Å². The molecule has 0 spiro atoms. The molecule has 0 heterocycles. The number of hydrogen-bond acceptors (Lipinski definition) is 2. The Balaban J connectivity index is 1.82. The van der Waals surface area contributed by atoms with Gasteiger partial charge in [-0.3, -0.25) is 0 Å². The largest absolute Gasteiger partial charge is 0.380 e. The summed E-state index contributed by atoms with van der Waals surface area (Å²) in [4.78, 5) is 0. The molecule has 0 radical (unpaired) electrons. The maximum absolute atomic E-state index is 5.74. The Morgan fingerprint density at radius 3 is 2.44 bits per heavy atom. The van der Waals surface area contributed by atoms with Gasteiger partial charge in [-0.1, -0.05) is 26.2 Å². The number of hydrogen-bond donors (Lipinski definition) is 1. The summed E-state index contributed by atoms with van der Waals surface area (Å²) >= 11 is 0. The fraction of sp³-hybridized carbons (Fsp3) is 1.00. The highest BCUT2D eigenvalue weighted by molar-refractivity contribution is 4.92. The van der Waals surface area contributed by atoms with Crippen LogP contribution in [-0.4, -0.2) is 25.8 Å². The number of ether oxygens (including phenoxy) is 1. The summed E-state index contributed by atoms with van der Waals surface area (Å²) in [6.07, 6.45) is 10.2. The Morgan fingerprint density at radius 2 is 2.00 bits per heavy atom. The first-order chi connectivity index (χ1) is 7.85. The Kier molecular flexibility index (Phi) is 4.66. The van der Waals surface area contributed by atoms with E-state index >= 15 is 0 Å². The van der Waals surface area contributed by atoms with Crippen LogP contribution >= 0.6 is 0 Å². The third-order valence-electron chi connectivity index (χ3n) is 4.22. The summed E-state index contributed by atoms with van der Waals surface area (Å²) in [7, 11) is 1.89. The van der Waals surface area contributed by atoms with Gasteiger partial charge in [-0.25, -0.2) is 0 Å². The van der Waals surface area contributed by atoms with Crippen molar-refractivity contribution in [3.05, 3.63) is 0 Å². The first kappa shape index (κ1) is 12.4. The number of rotatable bonds is 8. The van der Waals surface area contributed by atoms with Gasteiger partial charge in [-0.05, 0) is 44.1 Å². The van der Waals surface area contributed by atoms with Crippen LogP contribution in [0.3, 0.4) is 0 Å². The van der Waals surface area contributed by atoms with Crippen molar-refractivity contribution >= 4 is 0 Å². The summed E-state index contributed by atoms with van der Waals surface area (Å²) in [5.74, 6) is 1.82. The van der Waals surface area contributed by atoms with Crippen LogP contribution in [0.5, 0.6) is 0 Å². The van der Waals surface area contributed by atoms with E-state index in [9.17, 15) is 0 Å². The van der Waals surface area contributed by atoms with E-state index in [0.29, 0.717) is 12.1 Å². The minimum atomic E-state index is 0.479. The second-order valence-electron chi connectivity index (χ2n) is 5.63. The topological polar surface area (TPSA) is 21.3 Å². The van der Waals surface area contributed by atoms with Gasteiger partial charge < -0.3 is 10.1 Å². The predicted molar refractivity (Wildman–Crippen MR) is 67.6 cm³/mol. The quantitative estimate of drug-likeness (QED) is 0.686. The molecule has 2 atom stereocenters. The molecule has 0 aromatic heterocycles. The molecule has 2 fully saturated rings. The van der Waals surface area contributed by atoms with Crippen LogP contribution in [0, 0.1) is 11.8 Å². The van der Waals surface area contributed by atoms with Crippen LogP contribution in [0.4, 0.5) is 0 Å². The monoisotopic (exact) mass is 225 g/mol. The average Bonchev–Trinajstić information content (AvgIpc) is 3.03. The maximum Gasteiger partial charge on any atom is 0.0752 e. The highest BCUT2D eigenvalue weighted by atomic mass is 16.5. The highest BCUT2D eigenvalue weighted by Crippen LogP contribution is 2.39. The molecule has 2 aliphatic carbocycles. The second-order valence-corrected chi connectivity index (χ2v) is 5.63. The van der Waals surface area contributed by atoms with Crippen molar-refractivity contribution in [2.45, 2.75) is 64.0 Å². The Bertz CT molecular complexity index is 199. The molecule has 16 heavy (non-hydrogen) atoms. The number of nitrogens with one attached hydrogen (secondary N) is 1. The van der Waals surface area contributed by atoms with Crippen LogP contribution in [0.25, 0.3) is 0 Å². The van der Waals surface area contributed by atoms with Crippen LogP contribution in [-0.2, 0) is 4.74 Å². The fourth-order valence-corrected chi connectivity index (χ4v) is 2.86. The van der Waals surface area contributed by atoms with Gasteiger partial charge in [-0.2, -0.15) is 0 Å². The molecular weight excluding hydrogens is 198 g/mol. The molecule has 2 saturated carbocycles. The third kappa shape index (κ3) is 3.21. The van der Waals surface area contributed by atoms with Crippen LogP contribution in [0.15, 0.2) is 0 Å². The predicted octanol–water partition coefficient (Wildman–Crippen LogP) is 2.97. The first-order valence-corrected chi connectivity index (χ1v) is 7.11. The molecule has 1 N–H and O–H groups in total. The molecule has 2 rings (SSSR count). The van der Waals surface area contributed by atoms with E-state index in [1.807, 2.05) is 7.11 Å². The highest BCUT2D eigenvalue weighted by Gasteiger charge is 2.37. The van der Waals surface area contributed by atoms with E-state index in [4.69, 9.17) is 4.74 Å². The normalized spacial score (nSPS) is 25.1. The van der Waals surface area contributed by atoms with Crippen molar-refractivity contribution in [1.29, 1.82) is 0 Å². The lowest BCUT2D eigenvalue weighted by Gasteiger charge is -2.34.